The minimum Gasteiger partial charge on any atom is -0.444 e. The van der Waals surface area contributed by atoms with Crippen molar-refractivity contribution in [2.24, 2.45) is 0 Å². The highest BCUT2D eigenvalue weighted by atomic mass is 16.6. The molecule has 1 saturated heterocycles. The van der Waals surface area contributed by atoms with E-state index in [0.29, 0.717) is 13.1 Å². The fourth-order valence-electron chi connectivity index (χ4n) is 3.43. The molecule has 0 unspecified atom stereocenters. The van der Waals surface area contributed by atoms with Gasteiger partial charge in [-0.3, -0.25) is 4.85 Å². The Hall–Kier alpha value is -1.28. The summed E-state index contributed by atoms with van der Waals surface area (Å²) in [7, 11) is 0. The first-order valence-electron chi connectivity index (χ1n) is 8.48. The van der Waals surface area contributed by atoms with Crippen LogP contribution < -0.4 is 0 Å². The van der Waals surface area contributed by atoms with E-state index in [-0.39, 0.29) is 11.8 Å². The van der Waals surface area contributed by atoms with Gasteiger partial charge in [0.15, 0.2) is 0 Å². The van der Waals surface area contributed by atoms with Gasteiger partial charge in [-0.2, -0.15) is 0 Å². The third-order valence-electron chi connectivity index (χ3n) is 4.63. The quantitative estimate of drug-likeness (QED) is 0.549. The van der Waals surface area contributed by atoms with Crippen LogP contribution in [0.2, 0.25) is 0 Å². The van der Waals surface area contributed by atoms with Crippen LogP contribution in [-0.2, 0) is 4.74 Å². The van der Waals surface area contributed by atoms with Gasteiger partial charge in [0.1, 0.15) is 5.60 Å². The molecule has 0 bridgehead atoms. The predicted molar refractivity (Wildman–Crippen MR) is 86.4 cm³/mol. The SMILES string of the molecule is [C-]#[N+]C1(N2CCN(C(=O)OC(C)(C)C)CC2)CCCCCC1. The molecule has 0 aromatic rings. The molecule has 0 aromatic carbocycles. The molecule has 0 N–H and O–H groups in total. The van der Waals surface area contributed by atoms with Crippen molar-refractivity contribution in [3.8, 4) is 0 Å². The Morgan fingerprint density at radius 2 is 1.59 bits per heavy atom. The van der Waals surface area contributed by atoms with E-state index < -0.39 is 5.60 Å². The molecule has 2 rings (SSSR count). The van der Waals surface area contributed by atoms with Crippen molar-refractivity contribution in [2.75, 3.05) is 26.2 Å². The largest absolute Gasteiger partial charge is 0.444 e. The molecule has 0 atom stereocenters. The number of amides is 1. The second kappa shape index (κ2) is 6.87. The summed E-state index contributed by atoms with van der Waals surface area (Å²) in [5.74, 6) is 0. The molecule has 22 heavy (non-hydrogen) atoms. The molecule has 5 heteroatoms. The normalized spacial score (nSPS) is 23.5. The number of ether oxygens (including phenoxy) is 1. The number of nitrogens with zero attached hydrogens (tertiary/aromatic N) is 3. The number of rotatable bonds is 1. The Morgan fingerprint density at radius 3 is 2.05 bits per heavy atom. The molecule has 1 aliphatic carbocycles. The molecule has 124 valence electrons. The van der Waals surface area contributed by atoms with E-state index in [0.717, 1.165) is 38.8 Å². The van der Waals surface area contributed by atoms with E-state index in [2.05, 4.69) is 9.74 Å². The maximum atomic E-state index is 12.1. The Labute approximate surface area is 134 Å². The molecule has 0 aromatic heterocycles. The van der Waals surface area contributed by atoms with Crippen LogP contribution in [0.3, 0.4) is 0 Å². The van der Waals surface area contributed by atoms with Gasteiger partial charge in [0, 0.05) is 39.0 Å². The van der Waals surface area contributed by atoms with Crippen molar-refractivity contribution in [3.05, 3.63) is 11.4 Å². The zero-order chi connectivity index (χ0) is 16.2. The van der Waals surface area contributed by atoms with Crippen molar-refractivity contribution in [3.63, 3.8) is 0 Å². The molecule has 0 radical (unpaired) electrons. The lowest BCUT2D eigenvalue weighted by Gasteiger charge is -2.40. The monoisotopic (exact) mass is 307 g/mol. The summed E-state index contributed by atoms with van der Waals surface area (Å²) in [4.78, 5) is 20.2. The average molecular weight is 307 g/mol. The molecular formula is C17H29N3O2. The smallest absolute Gasteiger partial charge is 0.410 e. The number of hydrogen-bond donors (Lipinski definition) is 0. The van der Waals surface area contributed by atoms with Crippen LogP contribution in [0.25, 0.3) is 4.85 Å². The zero-order valence-corrected chi connectivity index (χ0v) is 14.2. The molecule has 2 fully saturated rings. The molecule has 2 aliphatic rings. The van der Waals surface area contributed by atoms with Crippen LogP contribution in [0, 0.1) is 6.57 Å². The van der Waals surface area contributed by atoms with E-state index in [4.69, 9.17) is 11.3 Å². The number of carbonyl (C=O) groups is 1. The van der Waals surface area contributed by atoms with Gasteiger partial charge in [-0.25, -0.2) is 16.3 Å². The van der Waals surface area contributed by atoms with Crippen molar-refractivity contribution in [1.29, 1.82) is 0 Å². The highest BCUT2D eigenvalue weighted by molar-refractivity contribution is 5.68. The number of hydrogen-bond acceptors (Lipinski definition) is 3. The molecule has 5 nitrogen and oxygen atoms in total. The summed E-state index contributed by atoms with van der Waals surface area (Å²) < 4.78 is 5.44. The zero-order valence-electron chi connectivity index (χ0n) is 14.2. The van der Waals surface area contributed by atoms with Crippen LogP contribution in [0.1, 0.15) is 59.3 Å². The molecule has 0 spiro atoms. The lowest BCUT2D eigenvalue weighted by molar-refractivity contribution is 0.00117. The van der Waals surface area contributed by atoms with Crippen LogP contribution in [0.5, 0.6) is 0 Å². The summed E-state index contributed by atoms with van der Waals surface area (Å²) in [6.07, 6.45) is 6.50. The summed E-state index contributed by atoms with van der Waals surface area (Å²) in [5, 5.41) is 0. The first-order valence-corrected chi connectivity index (χ1v) is 8.48. The topological polar surface area (TPSA) is 37.1 Å². The van der Waals surface area contributed by atoms with Crippen molar-refractivity contribution in [1.82, 2.24) is 9.80 Å². The maximum Gasteiger partial charge on any atom is 0.410 e. The van der Waals surface area contributed by atoms with Gasteiger partial charge in [-0.1, -0.05) is 12.8 Å². The van der Waals surface area contributed by atoms with Gasteiger partial charge < -0.3 is 9.64 Å². The minimum atomic E-state index is -0.451. The van der Waals surface area contributed by atoms with Gasteiger partial charge in [-0.05, 0) is 33.6 Å². The number of piperazine rings is 1. The van der Waals surface area contributed by atoms with E-state index in [1.165, 1.54) is 12.8 Å². The minimum absolute atomic E-state index is 0.232. The molecular weight excluding hydrogens is 278 g/mol. The van der Waals surface area contributed by atoms with Gasteiger partial charge in [0.05, 0.1) is 0 Å². The standard InChI is InChI=1S/C17H29N3O2/c1-16(2,3)22-15(21)19-11-13-20(14-12-19)17(18-4)9-7-5-6-8-10-17/h5-14H2,1-3H3. The van der Waals surface area contributed by atoms with Gasteiger partial charge >= 0.3 is 6.09 Å². The average Bonchev–Trinajstić information content (AvgIpc) is 2.72. The third-order valence-corrected chi connectivity index (χ3v) is 4.63. The highest BCUT2D eigenvalue weighted by Gasteiger charge is 2.45. The summed E-state index contributed by atoms with van der Waals surface area (Å²) in [6.45, 7) is 16.3. The summed E-state index contributed by atoms with van der Waals surface area (Å²) in [6, 6.07) is 0. The van der Waals surface area contributed by atoms with E-state index in [1.54, 1.807) is 4.90 Å². The maximum absolute atomic E-state index is 12.1. The van der Waals surface area contributed by atoms with E-state index >= 15 is 0 Å². The lowest BCUT2D eigenvalue weighted by Crippen LogP contribution is -2.57. The van der Waals surface area contributed by atoms with Crippen molar-refractivity contribution in [2.45, 2.75) is 70.6 Å². The fraction of sp³-hybridized carbons (Fsp3) is 0.882. The van der Waals surface area contributed by atoms with Gasteiger partial charge in [0.2, 0.25) is 0 Å². The molecule has 1 amide bonds. The second-order valence-corrected chi connectivity index (χ2v) is 7.46. The lowest BCUT2D eigenvalue weighted by atomic mass is 9.98. The molecule has 1 saturated carbocycles. The molecule has 1 aliphatic heterocycles. The third kappa shape index (κ3) is 4.13. The van der Waals surface area contributed by atoms with Crippen molar-refractivity contribution >= 4 is 6.09 Å². The summed E-state index contributed by atoms with van der Waals surface area (Å²) >= 11 is 0. The predicted octanol–water partition coefficient (Wildman–Crippen LogP) is 3.51. The Balaban J connectivity index is 1.93. The second-order valence-electron chi connectivity index (χ2n) is 7.46. The first kappa shape index (κ1) is 17.1. The van der Waals surface area contributed by atoms with Gasteiger partial charge in [0.25, 0.3) is 5.66 Å². The van der Waals surface area contributed by atoms with Gasteiger partial charge in [-0.15, -0.1) is 0 Å². The van der Waals surface area contributed by atoms with Crippen LogP contribution in [-0.4, -0.2) is 53.3 Å². The highest BCUT2D eigenvalue weighted by Crippen LogP contribution is 2.34. The number of carbonyl (C=O) groups excluding carboxylic acids is 1. The Morgan fingerprint density at radius 1 is 1.05 bits per heavy atom. The van der Waals surface area contributed by atoms with Crippen LogP contribution >= 0.6 is 0 Å². The Bertz CT molecular complexity index is 420. The van der Waals surface area contributed by atoms with Crippen LogP contribution in [0.4, 0.5) is 4.79 Å². The van der Waals surface area contributed by atoms with E-state index in [9.17, 15) is 4.79 Å². The molecule has 1 heterocycles. The fourth-order valence-corrected chi connectivity index (χ4v) is 3.43. The Kier molecular flexibility index (Phi) is 5.33. The summed E-state index contributed by atoms with van der Waals surface area (Å²) in [5.41, 5.74) is -0.774. The first-order chi connectivity index (χ1) is 10.4. The van der Waals surface area contributed by atoms with Crippen LogP contribution in [0.15, 0.2) is 0 Å². The van der Waals surface area contributed by atoms with E-state index in [1.807, 2.05) is 20.8 Å². The van der Waals surface area contributed by atoms with Crippen molar-refractivity contribution < 1.29 is 9.53 Å².